The van der Waals surface area contributed by atoms with Crippen LogP contribution in [0.5, 0.6) is 11.5 Å². The zero-order valence-corrected chi connectivity index (χ0v) is 20.5. The summed E-state index contributed by atoms with van der Waals surface area (Å²) in [6, 6.07) is 15.0. The van der Waals surface area contributed by atoms with Gasteiger partial charge in [-0.05, 0) is 55.5 Å². The Morgan fingerprint density at radius 2 is 1.82 bits per heavy atom. The second-order valence-corrected chi connectivity index (χ2v) is 9.59. The number of carbonyl (C=O) groups is 2. The van der Waals surface area contributed by atoms with Gasteiger partial charge in [-0.2, -0.15) is 0 Å². The minimum Gasteiger partial charge on any atom is -0.495 e. The monoisotopic (exact) mass is 460 g/mol. The number of anilines is 1. The maximum Gasteiger partial charge on any atom is 0.254 e. The van der Waals surface area contributed by atoms with E-state index in [0.717, 1.165) is 29.1 Å². The maximum atomic E-state index is 13.7. The van der Waals surface area contributed by atoms with Crippen LogP contribution in [0.15, 0.2) is 71.1 Å². The molecule has 1 amide bonds. The molecule has 0 radical (unpaired) electrons. The molecule has 2 aromatic rings. The molecule has 178 valence electrons. The summed E-state index contributed by atoms with van der Waals surface area (Å²) in [5.41, 5.74) is 4.19. The molecular weight excluding hydrogens is 428 g/mol. The van der Waals surface area contributed by atoms with Crippen molar-refractivity contribution >= 4 is 17.4 Å². The maximum absolute atomic E-state index is 13.7. The lowest BCUT2D eigenvalue weighted by Gasteiger charge is -2.39. The minimum absolute atomic E-state index is 0.0766. The molecule has 4 rings (SSSR count). The number of ketones is 1. The third kappa shape index (κ3) is 4.58. The van der Waals surface area contributed by atoms with Crippen LogP contribution in [0.2, 0.25) is 0 Å². The SMILES string of the molecule is CCOc1ccc(C2C(C(=O)Nc3ccccc3OC)=C(C)NC3=C2C(=O)CC(C)(C)C3)cc1. The van der Waals surface area contributed by atoms with E-state index in [4.69, 9.17) is 9.47 Å². The molecule has 0 bridgehead atoms. The van der Waals surface area contributed by atoms with E-state index in [1.807, 2.05) is 50.2 Å². The number of methoxy groups -OCH3 is 1. The highest BCUT2D eigenvalue weighted by molar-refractivity contribution is 6.10. The number of nitrogens with one attached hydrogen (secondary N) is 2. The molecule has 1 atom stereocenters. The zero-order chi connectivity index (χ0) is 24.5. The summed E-state index contributed by atoms with van der Waals surface area (Å²) >= 11 is 0. The number of para-hydroxylation sites is 2. The fourth-order valence-electron chi connectivity index (χ4n) is 4.93. The van der Waals surface area contributed by atoms with Crippen molar-refractivity contribution in [1.29, 1.82) is 0 Å². The molecule has 0 saturated carbocycles. The van der Waals surface area contributed by atoms with Crippen molar-refractivity contribution in [3.8, 4) is 11.5 Å². The van der Waals surface area contributed by atoms with Gasteiger partial charge in [-0.15, -0.1) is 0 Å². The number of hydrogen-bond donors (Lipinski definition) is 2. The predicted molar refractivity (Wildman–Crippen MR) is 133 cm³/mol. The van der Waals surface area contributed by atoms with Crippen molar-refractivity contribution in [2.24, 2.45) is 5.41 Å². The van der Waals surface area contributed by atoms with E-state index >= 15 is 0 Å². The van der Waals surface area contributed by atoms with Crippen molar-refractivity contribution in [2.45, 2.75) is 46.5 Å². The molecule has 0 aromatic heterocycles. The number of hydrogen-bond acceptors (Lipinski definition) is 5. The van der Waals surface area contributed by atoms with E-state index in [0.29, 0.717) is 35.6 Å². The Kier molecular flexibility index (Phi) is 6.51. The van der Waals surface area contributed by atoms with Gasteiger partial charge in [0.05, 0.1) is 19.4 Å². The summed E-state index contributed by atoms with van der Waals surface area (Å²) in [4.78, 5) is 27.1. The molecular formula is C28H32N2O4. The molecule has 1 aliphatic carbocycles. The molecule has 1 unspecified atom stereocenters. The summed E-state index contributed by atoms with van der Waals surface area (Å²) in [6.07, 6.45) is 1.20. The van der Waals surface area contributed by atoms with Gasteiger partial charge >= 0.3 is 0 Å². The van der Waals surface area contributed by atoms with Crippen molar-refractivity contribution in [1.82, 2.24) is 5.32 Å². The van der Waals surface area contributed by atoms with Crippen molar-refractivity contribution in [3.63, 3.8) is 0 Å². The topological polar surface area (TPSA) is 76.7 Å². The lowest BCUT2D eigenvalue weighted by atomic mass is 9.68. The Labute approximate surface area is 201 Å². The average Bonchev–Trinajstić information content (AvgIpc) is 2.78. The third-order valence-electron chi connectivity index (χ3n) is 6.36. The summed E-state index contributed by atoms with van der Waals surface area (Å²) in [5, 5.41) is 6.40. The minimum atomic E-state index is -0.467. The van der Waals surface area contributed by atoms with Gasteiger partial charge in [0.15, 0.2) is 5.78 Å². The Balaban J connectivity index is 1.79. The number of benzene rings is 2. The number of dihydropyridines is 1. The van der Waals surface area contributed by atoms with Crippen LogP contribution in [0.25, 0.3) is 0 Å². The van der Waals surface area contributed by atoms with E-state index < -0.39 is 5.92 Å². The Morgan fingerprint density at radius 3 is 2.50 bits per heavy atom. The Hall–Kier alpha value is -3.54. The summed E-state index contributed by atoms with van der Waals surface area (Å²) in [7, 11) is 1.57. The normalized spacial score (nSPS) is 19.3. The highest BCUT2D eigenvalue weighted by atomic mass is 16.5. The molecule has 1 aliphatic heterocycles. The molecule has 2 aliphatic rings. The van der Waals surface area contributed by atoms with Crippen LogP contribution in [0.4, 0.5) is 5.69 Å². The first-order chi connectivity index (χ1) is 16.2. The zero-order valence-electron chi connectivity index (χ0n) is 20.5. The first-order valence-electron chi connectivity index (χ1n) is 11.6. The Bertz CT molecular complexity index is 1180. The number of allylic oxidation sites excluding steroid dienone is 3. The molecule has 2 aromatic carbocycles. The van der Waals surface area contributed by atoms with Crippen molar-refractivity contribution in [3.05, 3.63) is 76.6 Å². The number of Topliss-reactive ketones (excluding diaryl/α,β-unsaturated/α-hetero) is 1. The summed E-state index contributed by atoms with van der Waals surface area (Å²) < 4.78 is 11.0. The van der Waals surface area contributed by atoms with Gasteiger partial charge in [0.2, 0.25) is 0 Å². The number of rotatable bonds is 6. The van der Waals surface area contributed by atoms with Crippen LogP contribution in [-0.4, -0.2) is 25.4 Å². The molecule has 6 heteroatoms. The van der Waals surface area contributed by atoms with Crippen LogP contribution in [0, 0.1) is 5.41 Å². The molecule has 0 spiro atoms. The fourth-order valence-corrected chi connectivity index (χ4v) is 4.93. The quantitative estimate of drug-likeness (QED) is 0.609. The van der Waals surface area contributed by atoms with Gasteiger partial charge in [0, 0.05) is 34.9 Å². The van der Waals surface area contributed by atoms with Crippen LogP contribution in [0.1, 0.15) is 52.0 Å². The van der Waals surface area contributed by atoms with Crippen LogP contribution >= 0.6 is 0 Å². The standard InChI is InChI=1S/C28H32N2O4/c1-6-34-19-13-11-18(12-14-19)25-24(27(32)30-20-9-7-8-10-23(20)33-5)17(2)29-21-15-28(3,4)16-22(31)26(21)25/h7-14,25,29H,6,15-16H2,1-5H3,(H,30,32). The van der Waals surface area contributed by atoms with Crippen LogP contribution < -0.4 is 20.1 Å². The highest BCUT2D eigenvalue weighted by Crippen LogP contribution is 2.47. The lowest BCUT2D eigenvalue weighted by Crippen LogP contribution is -2.39. The average molecular weight is 461 g/mol. The summed E-state index contributed by atoms with van der Waals surface area (Å²) in [6.45, 7) is 8.61. The molecule has 0 saturated heterocycles. The van der Waals surface area contributed by atoms with Crippen LogP contribution in [-0.2, 0) is 9.59 Å². The molecule has 2 N–H and O–H groups in total. The van der Waals surface area contributed by atoms with E-state index in [-0.39, 0.29) is 17.1 Å². The predicted octanol–water partition coefficient (Wildman–Crippen LogP) is 5.34. The molecule has 6 nitrogen and oxygen atoms in total. The van der Waals surface area contributed by atoms with E-state index in [9.17, 15) is 9.59 Å². The smallest absolute Gasteiger partial charge is 0.254 e. The molecule has 0 fully saturated rings. The summed E-state index contributed by atoms with van der Waals surface area (Å²) in [5.74, 6) is 0.674. The van der Waals surface area contributed by atoms with E-state index in [1.165, 1.54) is 0 Å². The largest absolute Gasteiger partial charge is 0.495 e. The number of amides is 1. The number of ether oxygens (including phenoxy) is 2. The Morgan fingerprint density at radius 1 is 1.12 bits per heavy atom. The van der Waals surface area contributed by atoms with Crippen molar-refractivity contribution < 1.29 is 19.1 Å². The first kappa shape index (κ1) is 23.6. The highest BCUT2D eigenvalue weighted by Gasteiger charge is 2.42. The van der Waals surface area contributed by atoms with Crippen LogP contribution in [0.3, 0.4) is 0 Å². The second-order valence-electron chi connectivity index (χ2n) is 9.59. The van der Waals surface area contributed by atoms with Gasteiger partial charge < -0.3 is 20.1 Å². The van der Waals surface area contributed by atoms with E-state index in [2.05, 4.69) is 24.5 Å². The first-order valence-corrected chi connectivity index (χ1v) is 11.6. The van der Waals surface area contributed by atoms with Gasteiger partial charge in [0.1, 0.15) is 11.5 Å². The van der Waals surface area contributed by atoms with E-state index in [1.54, 1.807) is 19.2 Å². The van der Waals surface area contributed by atoms with Gasteiger partial charge in [0.25, 0.3) is 5.91 Å². The molecule has 1 heterocycles. The van der Waals surface area contributed by atoms with Gasteiger partial charge in [-0.1, -0.05) is 38.1 Å². The fraction of sp³-hybridized carbons (Fsp3) is 0.357. The molecule has 34 heavy (non-hydrogen) atoms. The van der Waals surface area contributed by atoms with Crippen molar-refractivity contribution in [2.75, 3.05) is 19.0 Å². The lowest BCUT2D eigenvalue weighted by molar-refractivity contribution is -0.118. The van der Waals surface area contributed by atoms with Gasteiger partial charge in [-0.3, -0.25) is 9.59 Å². The third-order valence-corrected chi connectivity index (χ3v) is 6.36. The number of carbonyl (C=O) groups excluding carboxylic acids is 2. The second kappa shape index (κ2) is 9.37. The van der Waals surface area contributed by atoms with Gasteiger partial charge in [-0.25, -0.2) is 0 Å².